The third kappa shape index (κ3) is 3.97. The smallest absolute Gasteiger partial charge is 0.189 e. The van der Waals surface area contributed by atoms with Crippen molar-refractivity contribution >= 4 is 47.1 Å². The molecule has 0 amide bonds. The van der Waals surface area contributed by atoms with Gasteiger partial charge in [0.05, 0.1) is 19.3 Å². The normalized spacial score (nSPS) is 14.5. The summed E-state index contributed by atoms with van der Waals surface area (Å²) in [4.78, 5) is 18.7. The molecule has 4 nitrogen and oxygen atoms in total. The van der Waals surface area contributed by atoms with Crippen molar-refractivity contribution < 1.29 is 4.79 Å². The number of aromatic nitrogens is 3. The molecular formula is C35H31N3OSi. The average molecular weight is 538 g/mol. The summed E-state index contributed by atoms with van der Waals surface area (Å²) in [5, 5.41) is 3.68. The Bertz CT molecular complexity index is 1970. The van der Waals surface area contributed by atoms with Gasteiger partial charge in [-0.05, 0) is 52.2 Å². The zero-order chi connectivity index (χ0) is 27.6. The maximum atomic E-state index is 13.6. The number of rotatable bonds is 4. The third-order valence-electron chi connectivity index (χ3n) is 8.13. The first-order chi connectivity index (χ1) is 19.3. The summed E-state index contributed by atoms with van der Waals surface area (Å²) < 4.78 is 4.35. The number of aryl methyl sites for hydroxylation is 1. The first-order valence-corrected chi connectivity index (χ1v) is 17.3. The number of carbonyl (C=O) groups excluding carboxylic acids is 1. The van der Waals surface area contributed by atoms with Gasteiger partial charge in [-0.2, -0.15) is 0 Å². The molecule has 0 bridgehead atoms. The van der Waals surface area contributed by atoms with Gasteiger partial charge in [-0.1, -0.05) is 97.6 Å². The quantitative estimate of drug-likeness (QED) is 0.172. The van der Waals surface area contributed by atoms with Crippen LogP contribution in [-0.2, 0) is 13.5 Å². The number of Topliss-reactive ketones (excluding diaryl/α,β-unsaturated/α-hetero) is 1. The van der Waals surface area contributed by atoms with Gasteiger partial charge in [-0.3, -0.25) is 9.36 Å². The van der Waals surface area contributed by atoms with Gasteiger partial charge in [0.25, 0.3) is 0 Å². The van der Waals surface area contributed by atoms with Gasteiger partial charge in [0, 0.05) is 30.3 Å². The van der Waals surface area contributed by atoms with Crippen LogP contribution in [0, 0.1) is 0 Å². The minimum atomic E-state index is -1.44. The number of hydrogen-bond acceptors (Lipinski definition) is 2. The molecule has 196 valence electrons. The highest BCUT2D eigenvalue weighted by molar-refractivity contribution is 6.88. The topological polar surface area (TPSA) is 39.8 Å². The SMILES string of the molecule is Cn1c(-c2ccccc2)cc2c1nc(/C=C1\Cc3cc4ccccc4cc3C1=O)n2-c1ccc([Si](C)(C)C)cc1. The highest BCUT2D eigenvalue weighted by Crippen LogP contribution is 2.34. The fraction of sp³-hybridized carbons (Fsp3) is 0.143. The van der Waals surface area contributed by atoms with Crippen molar-refractivity contribution in [2.45, 2.75) is 26.1 Å². The predicted molar refractivity (Wildman–Crippen MR) is 168 cm³/mol. The fourth-order valence-corrected chi connectivity index (χ4v) is 7.06. The number of ketones is 1. The van der Waals surface area contributed by atoms with Crippen molar-refractivity contribution in [1.82, 2.24) is 14.1 Å². The summed E-state index contributed by atoms with van der Waals surface area (Å²) >= 11 is 0. The monoisotopic (exact) mass is 537 g/mol. The number of nitrogens with zero attached hydrogens (tertiary/aromatic N) is 3. The second-order valence-electron chi connectivity index (χ2n) is 11.8. The first-order valence-electron chi connectivity index (χ1n) is 13.8. The number of imidazole rings is 1. The predicted octanol–water partition coefficient (Wildman–Crippen LogP) is 7.55. The van der Waals surface area contributed by atoms with Gasteiger partial charge in [0.15, 0.2) is 11.4 Å². The van der Waals surface area contributed by atoms with Crippen molar-refractivity contribution in [3.8, 4) is 16.9 Å². The summed E-state index contributed by atoms with van der Waals surface area (Å²) in [5.41, 5.74) is 7.91. The van der Waals surface area contributed by atoms with Crippen LogP contribution in [0.3, 0.4) is 0 Å². The molecule has 0 aliphatic heterocycles. The van der Waals surface area contributed by atoms with Gasteiger partial charge in [0.1, 0.15) is 5.82 Å². The van der Waals surface area contributed by atoms with Gasteiger partial charge in [-0.15, -0.1) is 0 Å². The van der Waals surface area contributed by atoms with E-state index in [1.807, 2.05) is 30.3 Å². The number of fused-ring (bicyclic) bond motifs is 3. The molecule has 0 spiro atoms. The highest BCUT2D eigenvalue weighted by atomic mass is 28.3. The second kappa shape index (κ2) is 9.03. The molecule has 7 rings (SSSR count). The number of benzene rings is 4. The van der Waals surface area contributed by atoms with E-state index in [0.717, 1.165) is 56.0 Å². The molecule has 0 atom stereocenters. The molecule has 0 radical (unpaired) electrons. The molecule has 5 heteroatoms. The molecule has 0 saturated carbocycles. The van der Waals surface area contributed by atoms with Crippen molar-refractivity contribution in [1.29, 1.82) is 0 Å². The zero-order valence-corrected chi connectivity index (χ0v) is 24.3. The van der Waals surface area contributed by atoms with E-state index in [1.165, 1.54) is 10.6 Å². The van der Waals surface area contributed by atoms with E-state index in [4.69, 9.17) is 4.98 Å². The average Bonchev–Trinajstić information content (AvgIpc) is 3.57. The van der Waals surface area contributed by atoms with Crippen LogP contribution in [0.25, 0.3) is 45.0 Å². The van der Waals surface area contributed by atoms with Gasteiger partial charge in [-0.25, -0.2) is 4.98 Å². The lowest BCUT2D eigenvalue weighted by Crippen LogP contribution is -2.37. The van der Waals surface area contributed by atoms with Crippen LogP contribution in [0.1, 0.15) is 21.7 Å². The highest BCUT2D eigenvalue weighted by Gasteiger charge is 2.27. The molecular weight excluding hydrogens is 506 g/mol. The molecule has 2 aromatic heterocycles. The van der Waals surface area contributed by atoms with Crippen LogP contribution in [0.5, 0.6) is 0 Å². The Kier molecular flexibility index (Phi) is 5.54. The van der Waals surface area contributed by atoms with E-state index >= 15 is 0 Å². The maximum absolute atomic E-state index is 13.6. The van der Waals surface area contributed by atoms with E-state index in [0.29, 0.717) is 6.42 Å². The van der Waals surface area contributed by atoms with Crippen LogP contribution >= 0.6 is 0 Å². The third-order valence-corrected chi connectivity index (χ3v) is 10.2. The van der Waals surface area contributed by atoms with Crippen molar-refractivity contribution in [2.24, 2.45) is 7.05 Å². The number of allylic oxidation sites excluding steroid dienone is 1. The molecule has 0 fully saturated rings. The van der Waals surface area contributed by atoms with E-state index in [-0.39, 0.29) is 5.78 Å². The minimum absolute atomic E-state index is 0.0958. The van der Waals surface area contributed by atoms with Gasteiger partial charge < -0.3 is 4.57 Å². The van der Waals surface area contributed by atoms with Crippen LogP contribution in [0.15, 0.2) is 103 Å². The molecule has 6 aromatic rings. The Labute approximate surface area is 235 Å². The van der Waals surface area contributed by atoms with Crippen LogP contribution in [-0.4, -0.2) is 28.0 Å². The molecule has 0 unspecified atom stereocenters. The van der Waals surface area contributed by atoms with Gasteiger partial charge in [0.2, 0.25) is 0 Å². The first kappa shape index (κ1) is 24.5. The lowest BCUT2D eigenvalue weighted by molar-refractivity contribution is 0.104. The number of carbonyl (C=O) groups is 1. The maximum Gasteiger partial charge on any atom is 0.189 e. The van der Waals surface area contributed by atoms with Crippen molar-refractivity contribution in [3.05, 3.63) is 120 Å². The summed E-state index contributed by atoms with van der Waals surface area (Å²) in [7, 11) is 0.626. The zero-order valence-electron chi connectivity index (χ0n) is 23.3. The Morgan fingerprint density at radius 3 is 2.20 bits per heavy atom. The van der Waals surface area contributed by atoms with Crippen LogP contribution < -0.4 is 5.19 Å². The van der Waals surface area contributed by atoms with Crippen LogP contribution in [0.2, 0.25) is 19.6 Å². The largest absolute Gasteiger partial charge is 0.327 e. The van der Waals surface area contributed by atoms with Crippen molar-refractivity contribution in [3.63, 3.8) is 0 Å². The second-order valence-corrected chi connectivity index (χ2v) is 16.9. The minimum Gasteiger partial charge on any atom is -0.327 e. The lowest BCUT2D eigenvalue weighted by Gasteiger charge is -2.17. The summed E-state index contributed by atoms with van der Waals surface area (Å²) in [6.07, 6.45) is 2.62. The van der Waals surface area contributed by atoms with E-state index in [9.17, 15) is 4.79 Å². The Hall–Kier alpha value is -4.48. The fourth-order valence-electron chi connectivity index (χ4n) is 5.90. The number of hydrogen-bond donors (Lipinski definition) is 0. The van der Waals surface area contributed by atoms with E-state index < -0.39 is 8.07 Å². The summed E-state index contributed by atoms with van der Waals surface area (Å²) in [6, 6.07) is 34.0. The molecule has 1 aliphatic carbocycles. The van der Waals surface area contributed by atoms with E-state index in [1.54, 1.807) is 0 Å². The molecule has 1 aliphatic rings. The van der Waals surface area contributed by atoms with E-state index in [2.05, 4.69) is 109 Å². The summed E-state index contributed by atoms with van der Waals surface area (Å²) in [5.74, 6) is 0.875. The lowest BCUT2D eigenvalue weighted by atomic mass is 10.0. The molecule has 40 heavy (non-hydrogen) atoms. The Morgan fingerprint density at radius 1 is 0.825 bits per heavy atom. The molecule has 0 saturated heterocycles. The molecule has 2 heterocycles. The summed E-state index contributed by atoms with van der Waals surface area (Å²) in [6.45, 7) is 7.09. The standard InChI is InChI=1S/C35H31N3OSi/c1-37-31(23-10-6-5-7-11-23)22-32-35(37)36-33(38(32)28-14-16-29(17-15-28)40(2,3)4)21-27-19-26-18-24-12-8-9-13-25(24)20-30(26)34(27)39/h5-18,20-22H,19H2,1-4H3/b27-21+. The molecule has 0 N–H and O–H groups in total. The van der Waals surface area contributed by atoms with Crippen molar-refractivity contribution in [2.75, 3.05) is 0 Å². The van der Waals surface area contributed by atoms with Crippen LogP contribution in [0.4, 0.5) is 0 Å². The van der Waals surface area contributed by atoms with Gasteiger partial charge >= 0.3 is 0 Å². The molecule has 4 aromatic carbocycles. The Morgan fingerprint density at radius 2 is 1.50 bits per heavy atom. The Balaban J connectivity index is 1.39.